The Kier molecular flexibility index (Phi) is 11.8. The minimum Gasteiger partial charge on any atom is -0.127 e. The van der Waals surface area contributed by atoms with Crippen LogP contribution in [-0.4, -0.2) is 5.88 Å². The molecule has 15 heavy (non-hydrogen) atoms. The van der Waals surface area contributed by atoms with Crippen molar-refractivity contribution in [3.8, 4) is 11.8 Å². The second kappa shape index (κ2) is 11.9. The first-order valence-electron chi connectivity index (χ1n) is 6.33. The summed E-state index contributed by atoms with van der Waals surface area (Å²) in [6.45, 7) is 4.53. The van der Waals surface area contributed by atoms with E-state index in [2.05, 4.69) is 25.7 Å². The summed E-state index contributed by atoms with van der Waals surface area (Å²) in [4.78, 5) is 0. The summed E-state index contributed by atoms with van der Waals surface area (Å²) in [6, 6.07) is 0. The van der Waals surface area contributed by atoms with E-state index in [0.29, 0.717) is 0 Å². The van der Waals surface area contributed by atoms with Gasteiger partial charge in [-0.2, -0.15) is 0 Å². The molecule has 0 radical (unpaired) electrons. The van der Waals surface area contributed by atoms with E-state index in [1.807, 2.05) is 0 Å². The van der Waals surface area contributed by atoms with Crippen LogP contribution in [0.1, 0.15) is 65.2 Å². The van der Waals surface area contributed by atoms with E-state index >= 15 is 0 Å². The number of alkyl halides is 1. The molecule has 0 heterocycles. The van der Waals surface area contributed by atoms with Gasteiger partial charge in [0.1, 0.15) is 0 Å². The minimum absolute atomic E-state index is 0.777. The molecule has 0 spiro atoms. The van der Waals surface area contributed by atoms with Crippen LogP contribution in [0.25, 0.3) is 0 Å². The highest BCUT2D eigenvalue weighted by Gasteiger charge is 1.95. The minimum atomic E-state index is 0.777. The fourth-order valence-electron chi connectivity index (χ4n) is 1.59. The second-order valence-electron chi connectivity index (χ2n) is 4.30. The monoisotopic (exact) mass is 228 g/mol. The summed E-state index contributed by atoms with van der Waals surface area (Å²) in [5, 5.41) is 0. The molecule has 0 bridgehead atoms. The zero-order valence-electron chi connectivity index (χ0n) is 10.3. The lowest BCUT2D eigenvalue weighted by molar-refractivity contribution is 0.539. The van der Waals surface area contributed by atoms with E-state index in [-0.39, 0.29) is 0 Å². The molecule has 0 rings (SSSR count). The molecule has 0 aliphatic heterocycles. The lowest BCUT2D eigenvalue weighted by atomic mass is 10.0. The van der Waals surface area contributed by atoms with Gasteiger partial charge in [-0.05, 0) is 18.8 Å². The fraction of sp³-hybridized carbons (Fsp3) is 0.857. The lowest BCUT2D eigenvalue weighted by Crippen LogP contribution is -1.90. The zero-order chi connectivity index (χ0) is 11.4. The molecule has 1 heteroatoms. The maximum absolute atomic E-state index is 5.60. The Morgan fingerprint density at radius 1 is 1.07 bits per heavy atom. The summed E-state index contributed by atoms with van der Waals surface area (Å²) in [5.74, 6) is 8.14. The van der Waals surface area contributed by atoms with Crippen molar-refractivity contribution >= 4 is 11.6 Å². The van der Waals surface area contributed by atoms with Crippen LogP contribution >= 0.6 is 11.6 Å². The molecular formula is C14H25Cl. The van der Waals surface area contributed by atoms with E-state index in [1.165, 1.54) is 32.1 Å². The molecule has 0 nitrogen and oxygen atoms in total. The van der Waals surface area contributed by atoms with Crippen molar-refractivity contribution in [2.45, 2.75) is 65.2 Å². The third-order valence-electron chi connectivity index (χ3n) is 2.54. The van der Waals surface area contributed by atoms with Gasteiger partial charge in [0.2, 0.25) is 0 Å². The summed E-state index contributed by atoms with van der Waals surface area (Å²) in [7, 11) is 0. The van der Waals surface area contributed by atoms with Crippen LogP contribution < -0.4 is 0 Å². The number of halogens is 1. The Morgan fingerprint density at radius 2 is 1.80 bits per heavy atom. The van der Waals surface area contributed by atoms with Crippen molar-refractivity contribution < 1.29 is 0 Å². The summed E-state index contributed by atoms with van der Waals surface area (Å²) in [6.07, 6.45) is 9.68. The Hall–Kier alpha value is -0.150. The standard InChI is InChI=1S/C14H25Cl/c1-3-11-14(2)12-9-7-5-4-6-8-10-13-15/h14H,3-6,8,10-13H2,1-2H3. The molecule has 0 saturated heterocycles. The summed E-state index contributed by atoms with van der Waals surface area (Å²) < 4.78 is 0. The number of rotatable bonds is 8. The van der Waals surface area contributed by atoms with Gasteiger partial charge in [0.05, 0.1) is 0 Å². The SMILES string of the molecule is CCCC(C)CC#CCCCCCCCl. The first kappa shape index (κ1) is 14.8. The fourth-order valence-corrected chi connectivity index (χ4v) is 1.78. The van der Waals surface area contributed by atoms with E-state index < -0.39 is 0 Å². The highest BCUT2D eigenvalue weighted by molar-refractivity contribution is 6.17. The molecule has 88 valence electrons. The maximum atomic E-state index is 5.60. The molecule has 1 unspecified atom stereocenters. The summed E-state index contributed by atoms with van der Waals surface area (Å²) >= 11 is 5.60. The van der Waals surface area contributed by atoms with Crippen molar-refractivity contribution in [2.24, 2.45) is 5.92 Å². The quantitative estimate of drug-likeness (QED) is 0.311. The molecule has 0 aliphatic carbocycles. The first-order valence-corrected chi connectivity index (χ1v) is 6.86. The average molecular weight is 229 g/mol. The third kappa shape index (κ3) is 11.8. The van der Waals surface area contributed by atoms with Gasteiger partial charge in [-0.3, -0.25) is 0 Å². The molecule has 0 amide bonds. The normalized spacial score (nSPS) is 11.9. The van der Waals surface area contributed by atoms with Gasteiger partial charge in [-0.1, -0.05) is 39.5 Å². The molecule has 0 aromatic rings. The Morgan fingerprint density at radius 3 is 2.47 bits per heavy atom. The maximum Gasteiger partial charge on any atom is 0.0223 e. The van der Waals surface area contributed by atoms with Gasteiger partial charge < -0.3 is 0 Å². The van der Waals surface area contributed by atoms with Crippen LogP contribution in [0.15, 0.2) is 0 Å². The molecule has 1 atom stereocenters. The second-order valence-corrected chi connectivity index (χ2v) is 4.68. The Balaban J connectivity index is 3.23. The van der Waals surface area contributed by atoms with Crippen molar-refractivity contribution in [3.05, 3.63) is 0 Å². The molecule has 0 aliphatic rings. The third-order valence-corrected chi connectivity index (χ3v) is 2.81. The predicted molar refractivity (Wildman–Crippen MR) is 70.3 cm³/mol. The largest absolute Gasteiger partial charge is 0.127 e. The lowest BCUT2D eigenvalue weighted by Gasteiger charge is -2.02. The first-order chi connectivity index (χ1) is 7.31. The van der Waals surface area contributed by atoms with Gasteiger partial charge in [-0.15, -0.1) is 23.4 Å². The van der Waals surface area contributed by atoms with Crippen LogP contribution in [0.5, 0.6) is 0 Å². The Labute approximate surface area is 101 Å². The zero-order valence-corrected chi connectivity index (χ0v) is 11.1. The van der Waals surface area contributed by atoms with Crippen LogP contribution in [0.4, 0.5) is 0 Å². The number of unbranched alkanes of at least 4 members (excludes halogenated alkanes) is 4. The predicted octanol–water partition coefficient (Wildman–Crippen LogP) is 5.01. The molecule has 0 saturated carbocycles. The highest BCUT2D eigenvalue weighted by atomic mass is 35.5. The van der Waals surface area contributed by atoms with E-state index in [9.17, 15) is 0 Å². The molecule has 0 aromatic carbocycles. The molecular weight excluding hydrogens is 204 g/mol. The average Bonchev–Trinajstić information content (AvgIpc) is 2.22. The van der Waals surface area contributed by atoms with Crippen molar-refractivity contribution in [1.82, 2.24) is 0 Å². The van der Waals surface area contributed by atoms with E-state index in [4.69, 9.17) is 11.6 Å². The van der Waals surface area contributed by atoms with E-state index in [0.717, 1.165) is 31.1 Å². The van der Waals surface area contributed by atoms with Crippen LogP contribution in [0, 0.1) is 17.8 Å². The smallest absolute Gasteiger partial charge is 0.0223 e. The number of hydrogen-bond acceptors (Lipinski definition) is 0. The van der Waals surface area contributed by atoms with Crippen LogP contribution in [0.3, 0.4) is 0 Å². The highest BCUT2D eigenvalue weighted by Crippen LogP contribution is 2.08. The van der Waals surface area contributed by atoms with Crippen LogP contribution in [0.2, 0.25) is 0 Å². The molecule has 0 N–H and O–H groups in total. The molecule has 0 fully saturated rings. The summed E-state index contributed by atoms with van der Waals surface area (Å²) in [5.41, 5.74) is 0. The van der Waals surface area contributed by atoms with Gasteiger partial charge in [-0.25, -0.2) is 0 Å². The van der Waals surface area contributed by atoms with Crippen molar-refractivity contribution in [1.29, 1.82) is 0 Å². The van der Waals surface area contributed by atoms with Crippen molar-refractivity contribution in [2.75, 3.05) is 5.88 Å². The van der Waals surface area contributed by atoms with Gasteiger partial charge in [0.15, 0.2) is 0 Å². The van der Waals surface area contributed by atoms with Gasteiger partial charge in [0, 0.05) is 18.7 Å². The topological polar surface area (TPSA) is 0 Å². The van der Waals surface area contributed by atoms with Crippen LogP contribution in [-0.2, 0) is 0 Å². The molecule has 0 aromatic heterocycles. The van der Waals surface area contributed by atoms with Gasteiger partial charge >= 0.3 is 0 Å². The van der Waals surface area contributed by atoms with Gasteiger partial charge in [0.25, 0.3) is 0 Å². The Bertz CT molecular complexity index is 176. The van der Waals surface area contributed by atoms with E-state index in [1.54, 1.807) is 0 Å². The van der Waals surface area contributed by atoms with Crippen molar-refractivity contribution in [3.63, 3.8) is 0 Å². The number of hydrogen-bond donors (Lipinski definition) is 0.